The van der Waals surface area contributed by atoms with Gasteiger partial charge in [0.25, 0.3) is 11.1 Å². The van der Waals surface area contributed by atoms with E-state index in [1.54, 1.807) is 17.8 Å². The Hall–Kier alpha value is -2.88. The van der Waals surface area contributed by atoms with Crippen molar-refractivity contribution in [2.24, 2.45) is 7.05 Å². The maximum atomic E-state index is 15.5. The van der Waals surface area contributed by atoms with Gasteiger partial charge >= 0.3 is 0 Å². The van der Waals surface area contributed by atoms with E-state index in [-0.39, 0.29) is 27.5 Å². The highest BCUT2D eigenvalue weighted by molar-refractivity contribution is 9.10. The number of nitrogens with zero attached hydrogens (tertiary/aromatic N) is 3. The van der Waals surface area contributed by atoms with Gasteiger partial charge in [-0.05, 0) is 80.4 Å². The molecule has 0 spiro atoms. The maximum Gasteiger partial charge on any atom is 0.282 e. The van der Waals surface area contributed by atoms with Crippen LogP contribution in [0.5, 0.6) is 0 Å². The third-order valence-electron chi connectivity index (χ3n) is 8.99. The molecule has 0 N–H and O–H groups in total. The predicted molar refractivity (Wildman–Crippen MR) is 174 cm³/mol. The molecule has 0 saturated carbocycles. The summed E-state index contributed by atoms with van der Waals surface area (Å²) in [7, 11) is -0.416. The number of halogens is 2. The van der Waals surface area contributed by atoms with Crippen molar-refractivity contribution in [1.29, 1.82) is 0 Å². The Morgan fingerprint density at radius 1 is 1.00 bits per heavy atom. The van der Waals surface area contributed by atoms with Crippen molar-refractivity contribution in [3.63, 3.8) is 0 Å². The van der Waals surface area contributed by atoms with Crippen LogP contribution in [0.25, 0.3) is 27.6 Å². The first-order valence-electron chi connectivity index (χ1n) is 14.3. The summed E-state index contributed by atoms with van der Waals surface area (Å²) in [4.78, 5) is 26.9. The molecule has 0 bridgehead atoms. The van der Waals surface area contributed by atoms with E-state index in [1.807, 2.05) is 51.1 Å². The molecule has 6 nitrogen and oxygen atoms in total. The number of pyridine rings is 1. The van der Waals surface area contributed by atoms with Crippen LogP contribution < -0.4 is 11.1 Å². The van der Waals surface area contributed by atoms with Crippen molar-refractivity contribution in [3.05, 3.63) is 90.4 Å². The molecule has 0 aliphatic heterocycles. The van der Waals surface area contributed by atoms with Crippen molar-refractivity contribution in [1.82, 2.24) is 14.3 Å². The molecule has 0 fully saturated rings. The minimum absolute atomic E-state index is 0.0174. The summed E-state index contributed by atoms with van der Waals surface area (Å²) in [5, 5.41) is 5.04. The van der Waals surface area contributed by atoms with Crippen molar-refractivity contribution in [2.75, 3.05) is 0 Å². The number of rotatable bonds is 3. The Kier molecular flexibility index (Phi) is 7.56. The molecule has 5 rings (SSSR count). The molecule has 1 aliphatic carbocycles. The Bertz CT molecular complexity index is 1850. The van der Waals surface area contributed by atoms with Gasteiger partial charge < -0.3 is 8.99 Å². The van der Waals surface area contributed by atoms with E-state index in [2.05, 4.69) is 54.9 Å². The third kappa shape index (κ3) is 5.24. The molecule has 2 aromatic heterocycles. The molecule has 1 aliphatic rings. The Morgan fingerprint density at radius 3 is 2.33 bits per heavy atom. The highest BCUT2D eigenvalue weighted by atomic mass is 79.9. The second-order valence-corrected chi connectivity index (χ2v) is 19.6. The van der Waals surface area contributed by atoms with Gasteiger partial charge in [0.2, 0.25) is 0 Å². The molecule has 2 heterocycles. The number of hydrogen-bond acceptors (Lipinski definition) is 4. The summed E-state index contributed by atoms with van der Waals surface area (Å²) in [6, 6.07) is 10.9. The van der Waals surface area contributed by atoms with Gasteiger partial charge in [-0.2, -0.15) is 9.78 Å². The Labute approximate surface area is 255 Å². The van der Waals surface area contributed by atoms with Crippen LogP contribution in [0, 0.1) is 5.82 Å². The lowest BCUT2D eigenvalue weighted by Crippen LogP contribution is -2.45. The largest absolute Gasteiger partial charge is 0.413 e. The van der Waals surface area contributed by atoms with E-state index in [9.17, 15) is 9.59 Å². The molecule has 2 aromatic carbocycles. The zero-order chi connectivity index (χ0) is 30.9. The van der Waals surface area contributed by atoms with E-state index >= 15 is 4.39 Å². The van der Waals surface area contributed by atoms with Gasteiger partial charge in [0.1, 0.15) is 5.82 Å². The van der Waals surface area contributed by atoms with Crippen LogP contribution in [0.1, 0.15) is 58.4 Å². The van der Waals surface area contributed by atoms with Crippen molar-refractivity contribution >= 4 is 35.0 Å². The summed E-state index contributed by atoms with van der Waals surface area (Å²) < 4.78 is 25.9. The lowest BCUT2D eigenvalue weighted by molar-refractivity contribution is 0.179. The van der Waals surface area contributed by atoms with E-state index in [1.165, 1.54) is 10.7 Å². The van der Waals surface area contributed by atoms with E-state index in [4.69, 9.17) is 4.43 Å². The second kappa shape index (κ2) is 10.4. The van der Waals surface area contributed by atoms with Crippen molar-refractivity contribution in [3.8, 4) is 16.8 Å². The number of fused-ring (bicyclic) bond motifs is 4. The fourth-order valence-electron chi connectivity index (χ4n) is 5.49. The summed E-state index contributed by atoms with van der Waals surface area (Å²) in [6.07, 6.45) is 2.39. The van der Waals surface area contributed by atoms with Gasteiger partial charge in [-0.25, -0.2) is 4.39 Å². The van der Waals surface area contributed by atoms with Gasteiger partial charge in [0, 0.05) is 36.5 Å². The second-order valence-electron chi connectivity index (χ2n) is 14.0. The first-order chi connectivity index (χ1) is 19.4. The van der Waals surface area contributed by atoms with Crippen LogP contribution >= 0.6 is 15.9 Å². The molecular weight excluding hydrogens is 613 g/mol. The first kappa shape index (κ1) is 30.6. The topological polar surface area (TPSA) is 66.1 Å². The fourth-order valence-corrected chi connectivity index (χ4v) is 7.33. The smallest absolute Gasteiger partial charge is 0.282 e. The van der Waals surface area contributed by atoms with Crippen molar-refractivity contribution < 1.29 is 8.82 Å². The number of aromatic nitrogens is 3. The highest BCUT2D eigenvalue weighted by Gasteiger charge is 2.40. The van der Waals surface area contributed by atoms with Crippen LogP contribution in [-0.2, 0) is 29.7 Å². The lowest BCUT2D eigenvalue weighted by Gasteiger charge is -2.39. The predicted octanol–water partition coefficient (Wildman–Crippen LogP) is 7.44. The summed E-state index contributed by atoms with van der Waals surface area (Å²) >= 11 is 3.46. The monoisotopic (exact) mass is 651 g/mol. The molecule has 0 unspecified atom stereocenters. The van der Waals surface area contributed by atoms with Crippen molar-refractivity contribution in [2.45, 2.75) is 84.0 Å². The molecule has 0 amide bonds. The number of benzene rings is 2. The Morgan fingerprint density at radius 2 is 1.69 bits per heavy atom. The third-order valence-corrected chi connectivity index (χ3v) is 14.1. The van der Waals surface area contributed by atoms with Crippen LogP contribution in [0.4, 0.5) is 4.39 Å². The molecule has 9 heteroatoms. The average molecular weight is 653 g/mol. The first-order valence-corrected chi connectivity index (χ1v) is 18.0. The molecule has 1 atom stereocenters. The SMILES string of the molecule is Cn1c2c(cc(Br)c1=O)-c1cccc(-n3ncc4cc(C(C)(C)C)cc(F)c4c3=O)c1C[C@@H](O[Si](C)(C)C(C)(C)C)C2. The van der Waals surface area contributed by atoms with Gasteiger partial charge in [0.15, 0.2) is 8.32 Å². The van der Waals surface area contributed by atoms with Gasteiger partial charge in [-0.3, -0.25) is 9.59 Å². The highest BCUT2D eigenvalue weighted by Crippen LogP contribution is 2.41. The lowest BCUT2D eigenvalue weighted by atomic mass is 9.86. The standard InChI is InChI=1S/C33H39BrFN3O3Si/c1-32(2,3)20-13-19-18-36-38(31(40)29(19)26(35)14-20)27-12-10-11-22-23(27)15-21(41-42(8,9)33(4,5)6)16-28-24(22)17-25(34)30(39)37(28)7/h10-14,17-18,21H,15-16H2,1-9H3/t21-/m1/s1. The van der Waals surface area contributed by atoms with Gasteiger partial charge in [0.05, 0.1) is 27.8 Å². The zero-order valence-corrected chi connectivity index (χ0v) is 28.4. The van der Waals surface area contributed by atoms with Crippen LogP contribution in [-0.4, -0.2) is 28.8 Å². The van der Waals surface area contributed by atoms with E-state index in [0.29, 0.717) is 28.4 Å². The average Bonchev–Trinajstić information content (AvgIpc) is 3.02. The molecule has 0 saturated heterocycles. The molecule has 0 radical (unpaired) electrons. The van der Waals surface area contributed by atoms with Crippen LogP contribution in [0.3, 0.4) is 0 Å². The van der Waals surface area contributed by atoms with Crippen LogP contribution in [0.15, 0.2) is 56.7 Å². The van der Waals surface area contributed by atoms with Crippen LogP contribution in [0.2, 0.25) is 18.1 Å². The molecular formula is C33H39BrFN3O3Si. The molecule has 42 heavy (non-hydrogen) atoms. The van der Waals surface area contributed by atoms with E-state index < -0.39 is 19.7 Å². The summed E-state index contributed by atoms with van der Waals surface area (Å²) in [5.41, 5.74) is 4.05. The fraction of sp³-hybridized carbons (Fsp3) is 0.424. The minimum atomic E-state index is -2.20. The minimum Gasteiger partial charge on any atom is -0.413 e. The quantitative estimate of drug-likeness (QED) is 0.216. The van der Waals surface area contributed by atoms with Gasteiger partial charge in [-0.15, -0.1) is 0 Å². The summed E-state index contributed by atoms with van der Waals surface area (Å²) in [6.45, 7) is 17.1. The molecule has 4 aromatic rings. The van der Waals surface area contributed by atoms with Gasteiger partial charge in [-0.1, -0.05) is 53.7 Å². The maximum absolute atomic E-state index is 15.5. The summed E-state index contributed by atoms with van der Waals surface area (Å²) in [5.74, 6) is -0.552. The van der Waals surface area contributed by atoms with E-state index in [0.717, 1.165) is 27.9 Å². The Balaban J connectivity index is 1.76. The zero-order valence-electron chi connectivity index (χ0n) is 25.9. The normalized spacial score (nSPS) is 15.8. The molecule has 222 valence electrons. The number of hydrogen-bond donors (Lipinski definition) is 0.